The van der Waals surface area contributed by atoms with Crippen molar-refractivity contribution >= 4 is 23.2 Å². The number of benzene rings is 1. The maximum atomic E-state index is 12.7. The summed E-state index contributed by atoms with van der Waals surface area (Å²) in [5.41, 5.74) is 0.639. The quantitative estimate of drug-likeness (QED) is 0.537. The van der Waals surface area contributed by atoms with Crippen LogP contribution in [-0.2, 0) is 11.3 Å². The largest absolute Gasteiger partial charge is 0.350 e. The molecule has 0 radical (unpaired) electrons. The Morgan fingerprint density at radius 3 is 2.77 bits per heavy atom. The summed E-state index contributed by atoms with van der Waals surface area (Å²) >= 11 is 6.03. The Labute approximate surface area is 176 Å². The monoisotopic (exact) mass is 426 g/mol. The first-order chi connectivity index (χ1) is 14.2. The van der Waals surface area contributed by atoms with Gasteiger partial charge in [-0.25, -0.2) is 13.9 Å². The molecular weight excluding hydrogens is 408 g/mol. The molecular formula is C20H19ClN6O3. The summed E-state index contributed by atoms with van der Waals surface area (Å²) in [6.45, 7) is 5.39. The average molecular weight is 427 g/mol. The second-order valence-electron chi connectivity index (χ2n) is 7.79. The fourth-order valence-electron chi connectivity index (χ4n) is 2.98. The van der Waals surface area contributed by atoms with Crippen molar-refractivity contribution in [1.82, 2.24) is 29.6 Å². The second-order valence-corrected chi connectivity index (χ2v) is 8.22. The second kappa shape index (κ2) is 7.42. The van der Waals surface area contributed by atoms with Crippen LogP contribution < -0.4 is 11.0 Å². The van der Waals surface area contributed by atoms with Crippen molar-refractivity contribution in [3.63, 3.8) is 0 Å². The average Bonchev–Trinajstić information content (AvgIpc) is 3.26. The molecule has 0 aliphatic rings. The SMILES string of the molecule is CC(C)(C)NC(=O)Cn1nc2c(-c3nc(-c4cccc(Cl)c4)no3)cccn2c1=O. The van der Waals surface area contributed by atoms with Crippen LogP contribution in [0.15, 0.2) is 51.9 Å². The molecule has 0 fully saturated rings. The molecule has 3 heterocycles. The van der Waals surface area contributed by atoms with Gasteiger partial charge in [-0.1, -0.05) is 28.9 Å². The van der Waals surface area contributed by atoms with Gasteiger partial charge in [-0.15, -0.1) is 5.10 Å². The molecule has 0 saturated heterocycles. The minimum atomic E-state index is -0.439. The van der Waals surface area contributed by atoms with Crippen LogP contribution in [-0.4, -0.2) is 35.8 Å². The lowest BCUT2D eigenvalue weighted by atomic mass is 10.1. The molecule has 1 N–H and O–H groups in total. The van der Waals surface area contributed by atoms with Crippen molar-refractivity contribution in [2.24, 2.45) is 0 Å². The highest BCUT2D eigenvalue weighted by molar-refractivity contribution is 6.30. The molecule has 0 bridgehead atoms. The number of rotatable bonds is 4. The van der Waals surface area contributed by atoms with E-state index in [0.717, 1.165) is 4.68 Å². The number of nitrogens with zero attached hydrogens (tertiary/aromatic N) is 5. The maximum Gasteiger partial charge on any atom is 0.350 e. The van der Waals surface area contributed by atoms with Crippen LogP contribution in [0.5, 0.6) is 0 Å². The highest BCUT2D eigenvalue weighted by atomic mass is 35.5. The third kappa shape index (κ3) is 3.97. The summed E-state index contributed by atoms with van der Waals surface area (Å²) in [7, 11) is 0. The summed E-state index contributed by atoms with van der Waals surface area (Å²) in [5, 5.41) is 11.7. The van der Waals surface area contributed by atoms with Crippen molar-refractivity contribution in [1.29, 1.82) is 0 Å². The fraction of sp³-hybridized carbons (Fsp3) is 0.250. The summed E-state index contributed by atoms with van der Waals surface area (Å²) < 4.78 is 7.84. The molecule has 3 aromatic heterocycles. The zero-order valence-electron chi connectivity index (χ0n) is 16.6. The van der Waals surface area contributed by atoms with Gasteiger partial charge in [0, 0.05) is 22.3 Å². The van der Waals surface area contributed by atoms with E-state index in [-0.39, 0.29) is 18.3 Å². The molecule has 154 valence electrons. The van der Waals surface area contributed by atoms with Crippen molar-refractivity contribution in [2.45, 2.75) is 32.9 Å². The Kier molecular flexibility index (Phi) is 4.90. The van der Waals surface area contributed by atoms with E-state index in [2.05, 4.69) is 20.6 Å². The lowest BCUT2D eigenvalue weighted by molar-refractivity contribution is -0.123. The lowest BCUT2D eigenvalue weighted by Gasteiger charge is -2.20. The number of hydrogen-bond donors (Lipinski definition) is 1. The smallest absolute Gasteiger partial charge is 0.350 e. The minimum absolute atomic E-state index is 0.200. The summed E-state index contributed by atoms with van der Waals surface area (Å²) in [5.74, 6) is 0.253. The van der Waals surface area contributed by atoms with E-state index in [0.29, 0.717) is 27.6 Å². The van der Waals surface area contributed by atoms with Gasteiger partial charge in [0.15, 0.2) is 5.65 Å². The Hall–Kier alpha value is -3.46. The molecule has 30 heavy (non-hydrogen) atoms. The normalized spacial score (nSPS) is 11.7. The highest BCUT2D eigenvalue weighted by Gasteiger charge is 2.20. The number of nitrogens with one attached hydrogen (secondary N) is 1. The van der Waals surface area contributed by atoms with E-state index in [1.165, 1.54) is 4.40 Å². The van der Waals surface area contributed by atoms with Gasteiger partial charge in [0.1, 0.15) is 6.54 Å². The molecule has 9 nitrogen and oxygen atoms in total. The molecule has 4 rings (SSSR count). The van der Waals surface area contributed by atoms with Crippen LogP contribution in [0, 0.1) is 0 Å². The van der Waals surface area contributed by atoms with Gasteiger partial charge >= 0.3 is 5.69 Å². The van der Waals surface area contributed by atoms with Crippen LogP contribution in [0.1, 0.15) is 20.8 Å². The number of hydrogen-bond acceptors (Lipinski definition) is 6. The molecule has 0 atom stereocenters. The summed E-state index contributed by atoms with van der Waals surface area (Å²) in [6.07, 6.45) is 1.57. The molecule has 0 aliphatic heterocycles. The van der Waals surface area contributed by atoms with Gasteiger partial charge in [0.05, 0.1) is 5.56 Å². The molecule has 0 unspecified atom stereocenters. The zero-order chi connectivity index (χ0) is 21.5. The number of fused-ring (bicyclic) bond motifs is 1. The molecule has 10 heteroatoms. The van der Waals surface area contributed by atoms with Crippen molar-refractivity contribution in [3.05, 3.63) is 58.1 Å². The predicted octanol–water partition coefficient (Wildman–Crippen LogP) is 2.78. The first kappa shape index (κ1) is 19.8. The maximum absolute atomic E-state index is 12.7. The molecule has 4 aromatic rings. The zero-order valence-corrected chi connectivity index (χ0v) is 17.3. The van der Waals surface area contributed by atoms with E-state index in [4.69, 9.17) is 16.1 Å². The number of amides is 1. The van der Waals surface area contributed by atoms with Crippen LogP contribution in [0.2, 0.25) is 5.02 Å². The molecule has 0 aliphatic carbocycles. The van der Waals surface area contributed by atoms with Gasteiger partial charge < -0.3 is 9.84 Å². The summed E-state index contributed by atoms with van der Waals surface area (Å²) in [6, 6.07) is 10.5. The molecule has 0 spiro atoms. The van der Waals surface area contributed by atoms with Crippen LogP contribution in [0.4, 0.5) is 0 Å². The summed E-state index contributed by atoms with van der Waals surface area (Å²) in [4.78, 5) is 29.3. The topological polar surface area (TPSA) is 107 Å². The Morgan fingerprint density at radius 2 is 2.03 bits per heavy atom. The predicted molar refractivity (Wildman–Crippen MR) is 111 cm³/mol. The molecule has 1 amide bonds. The number of halogens is 1. The Morgan fingerprint density at radius 1 is 1.23 bits per heavy atom. The minimum Gasteiger partial charge on any atom is -0.350 e. The van der Waals surface area contributed by atoms with E-state index in [1.54, 1.807) is 36.5 Å². The number of carbonyl (C=O) groups excluding carboxylic acids is 1. The van der Waals surface area contributed by atoms with Gasteiger partial charge in [0.2, 0.25) is 11.7 Å². The Balaban J connectivity index is 1.71. The Bertz CT molecular complexity index is 1300. The fourth-order valence-corrected chi connectivity index (χ4v) is 3.17. The molecule has 1 aromatic carbocycles. The van der Waals surface area contributed by atoms with Gasteiger partial charge in [0.25, 0.3) is 5.89 Å². The van der Waals surface area contributed by atoms with Gasteiger partial charge in [-0.3, -0.25) is 4.79 Å². The number of aromatic nitrogens is 5. The van der Waals surface area contributed by atoms with E-state index in [1.807, 2.05) is 26.8 Å². The van der Waals surface area contributed by atoms with Crippen LogP contribution >= 0.6 is 11.6 Å². The third-order valence-electron chi connectivity index (χ3n) is 4.16. The molecule has 0 saturated carbocycles. The van der Waals surface area contributed by atoms with E-state index in [9.17, 15) is 9.59 Å². The lowest BCUT2D eigenvalue weighted by Crippen LogP contribution is -2.43. The number of pyridine rings is 1. The number of carbonyl (C=O) groups is 1. The van der Waals surface area contributed by atoms with E-state index < -0.39 is 11.2 Å². The van der Waals surface area contributed by atoms with Crippen molar-refractivity contribution in [3.8, 4) is 22.8 Å². The van der Waals surface area contributed by atoms with Gasteiger partial charge in [-0.05, 0) is 45.0 Å². The first-order valence-electron chi connectivity index (χ1n) is 9.20. The third-order valence-corrected chi connectivity index (χ3v) is 4.39. The van der Waals surface area contributed by atoms with Crippen molar-refractivity contribution < 1.29 is 9.32 Å². The van der Waals surface area contributed by atoms with Crippen molar-refractivity contribution in [2.75, 3.05) is 0 Å². The highest BCUT2D eigenvalue weighted by Crippen LogP contribution is 2.25. The van der Waals surface area contributed by atoms with E-state index >= 15 is 0 Å². The first-order valence-corrected chi connectivity index (χ1v) is 9.58. The van der Waals surface area contributed by atoms with Crippen LogP contribution in [0.3, 0.4) is 0 Å². The van der Waals surface area contributed by atoms with Gasteiger partial charge in [-0.2, -0.15) is 4.98 Å². The van der Waals surface area contributed by atoms with Crippen LogP contribution in [0.25, 0.3) is 28.5 Å². The standard InChI is InChI=1S/C20H19ClN6O3/c1-20(2,3)23-15(28)11-27-19(29)26-9-5-8-14(17(26)24-27)18-22-16(25-30-18)12-6-4-7-13(21)10-12/h4-10H,11H2,1-3H3,(H,23,28).